The van der Waals surface area contributed by atoms with E-state index in [0.717, 1.165) is 16.3 Å². The zero-order chi connectivity index (χ0) is 10.8. The highest BCUT2D eigenvalue weighted by Crippen LogP contribution is 2.24. The van der Waals surface area contributed by atoms with E-state index in [4.69, 9.17) is 10.8 Å². The molecule has 0 amide bonds. The van der Waals surface area contributed by atoms with Crippen LogP contribution >= 0.6 is 0 Å². The van der Waals surface area contributed by atoms with Crippen LogP contribution in [0.4, 0.5) is 5.69 Å². The molecule has 0 unspecified atom stereocenters. The van der Waals surface area contributed by atoms with Crippen LogP contribution in [0, 0.1) is 0 Å². The molecule has 0 spiro atoms. The molecule has 0 saturated carbocycles. The van der Waals surface area contributed by atoms with Gasteiger partial charge >= 0.3 is 5.97 Å². The smallest absolute Gasteiger partial charge is 0.307 e. The summed E-state index contributed by atoms with van der Waals surface area (Å²) in [5.41, 5.74) is 7.29. The Kier molecular flexibility index (Phi) is 2.29. The second-order valence-corrected chi connectivity index (χ2v) is 3.43. The van der Waals surface area contributed by atoms with E-state index in [1.165, 1.54) is 0 Å². The molecule has 0 aliphatic heterocycles. The molecule has 76 valence electrons. The van der Waals surface area contributed by atoms with Crippen LogP contribution < -0.4 is 5.73 Å². The van der Waals surface area contributed by atoms with E-state index >= 15 is 0 Å². The Morgan fingerprint density at radius 1 is 1.13 bits per heavy atom. The molecule has 0 saturated heterocycles. The first-order valence-electron chi connectivity index (χ1n) is 4.66. The minimum atomic E-state index is -0.829. The molecule has 2 aromatic rings. The van der Waals surface area contributed by atoms with Crippen LogP contribution in [0.15, 0.2) is 36.4 Å². The number of aliphatic carboxylic acids is 1. The highest BCUT2D eigenvalue weighted by atomic mass is 16.4. The summed E-state index contributed by atoms with van der Waals surface area (Å²) < 4.78 is 0. The third-order valence-electron chi connectivity index (χ3n) is 2.39. The summed E-state index contributed by atoms with van der Waals surface area (Å²) in [6.07, 6.45) is 0.0286. The van der Waals surface area contributed by atoms with Gasteiger partial charge in [-0.3, -0.25) is 4.79 Å². The van der Waals surface area contributed by atoms with E-state index < -0.39 is 5.97 Å². The molecule has 0 bridgehead atoms. The second-order valence-electron chi connectivity index (χ2n) is 3.43. The van der Waals surface area contributed by atoms with Crippen molar-refractivity contribution in [2.45, 2.75) is 6.42 Å². The number of hydrogen-bond acceptors (Lipinski definition) is 2. The average Bonchev–Trinajstić information content (AvgIpc) is 2.22. The molecule has 2 aromatic carbocycles. The Balaban J connectivity index is 2.66. The number of hydrogen-bond donors (Lipinski definition) is 2. The number of nitrogen functional groups attached to an aromatic ring is 1. The monoisotopic (exact) mass is 201 g/mol. The Hall–Kier alpha value is -2.03. The number of anilines is 1. The summed E-state index contributed by atoms with van der Waals surface area (Å²) >= 11 is 0. The zero-order valence-electron chi connectivity index (χ0n) is 8.10. The van der Waals surface area contributed by atoms with Gasteiger partial charge in [0.05, 0.1) is 6.42 Å². The number of fused-ring (bicyclic) bond motifs is 1. The first kappa shape index (κ1) is 9.52. The standard InChI is InChI=1S/C12H11NO2/c13-11-6-5-8(7-12(14)15)9-3-1-2-4-10(9)11/h1-6H,7,13H2,(H,14,15). The molecule has 0 aliphatic rings. The predicted molar refractivity (Wildman–Crippen MR) is 59.7 cm³/mol. The van der Waals surface area contributed by atoms with Gasteiger partial charge in [0.15, 0.2) is 0 Å². The van der Waals surface area contributed by atoms with Gasteiger partial charge in [0.2, 0.25) is 0 Å². The third-order valence-corrected chi connectivity index (χ3v) is 2.39. The Morgan fingerprint density at radius 3 is 2.47 bits per heavy atom. The number of rotatable bonds is 2. The van der Waals surface area contributed by atoms with E-state index in [1.807, 2.05) is 24.3 Å². The molecule has 0 atom stereocenters. The van der Waals surface area contributed by atoms with Gasteiger partial charge in [-0.2, -0.15) is 0 Å². The maximum Gasteiger partial charge on any atom is 0.307 e. The summed E-state index contributed by atoms with van der Waals surface area (Å²) in [5.74, 6) is -0.829. The van der Waals surface area contributed by atoms with Gasteiger partial charge in [-0.25, -0.2) is 0 Å². The van der Waals surface area contributed by atoms with Crippen molar-refractivity contribution in [1.29, 1.82) is 0 Å². The Labute approximate surface area is 87.1 Å². The molecule has 0 radical (unpaired) electrons. The molecule has 2 rings (SSSR count). The van der Waals surface area contributed by atoms with Gasteiger partial charge in [-0.1, -0.05) is 30.3 Å². The van der Waals surface area contributed by atoms with E-state index in [9.17, 15) is 4.79 Å². The van der Waals surface area contributed by atoms with Crippen LogP contribution in [0.3, 0.4) is 0 Å². The van der Waals surface area contributed by atoms with Crippen LogP contribution in [0.1, 0.15) is 5.56 Å². The molecule has 0 fully saturated rings. The van der Waals surface area contributed by atoms with Crippen molar-refractivity contribution in [2.24, 2.45) is 0 Å². The maximum absolute atomic E-state index is 10.7. The van der Waals surface area contributed by atoms with Crippen molar-refractivity contribution in [3.8, 4) is 0 Å². The lowest BCUT2D eigenvalue weighted by molar-refractivity contribution is -0.136. The van der Waals surface area contributed by atoms with Gasteiger partial charge in [0, 0.05) is 11.1 Å². The van der Waals surface area contributed by atoms with Gasteiger partial charge in [-0.05, 0) is 17.0 Å². The number of carboxylic acid groups (broad SMARTS) is 1. The number of nitrogens with two attached hydrogens (primary N) is 1. The lowest BCUT2D eigenvalue weighted by Crippen LogP contribution is -2.01. The summed E-state index contributed by atoms with van der Waals surface area (Å²) in [6.45, 7) is 0. The first-order valence-corrected chi connectivity index (χ1v) is 4.66. The van der Waals surface area contributed by atoms with Crippen molar-refractivity contribution in [3.05, 3.63) is 42.0 Å². The minimum absolute atomic E-state index is 0.0286. The fourth-order valence-corrected chi connectivity index (χ4v) is 1.70. The molecule has 3 N–H and O–H groups in total. The minimum Gasteiger partial charge on any atom is -0.481 e. The summed E-state index contributed by atoms with van der Waals surface area (Å²) in [6, 6.07) is 11.1. The number of carboxylic acids is 1. The summed E-state index contributed by atoms with van der Waals surface area (Å²) in [7, 11) is 0. The largest absolute Gasteiger partial charge is 0.481 e. The van der Waals surface area contributed by atoms with Crippen molar-refractivity contribution >= 4 is 22.4 Å². The fourth-order valence-electron chi connectivity index (χ4n) is 1.70. The SMILES string of the molecule is Nc1ccc(CC(=O)O)c2ccccc12. The zero-order valence-corrected chi connectivity index (χ0v) is 8.10. The van der Waals surface area contributed by atoms with Gasteiger partial charge in [-0.15, -0.1) is 0 Å². The molecule has 0 aromatic heterocycles. The molecular weight excluding hydrogens is 190 g/mol. The van der Waals surface area contributed by atoms with Crippen LogP contribution in [0.5, 0.6) is 0 Å². The van der Waals surface area contributed by atoms with Gasteiger partial charge in [0.25, 0.3) is 0 Å². The predicted octanol–water partition coefficient (Wildman–Crippen LogP) is 2.05. The molecular formula is C12H11NO2. The second kappa shape index (κ2) is 3.61. The first-order chi connectivity index (χ1) is 7.18. The van der Waals surface area contributed by atoms with Gasteiger partial charge in [0.1, 0.15) is 0 Å². The number of benzene rings is 2. The summed E-state index contributed by atoms with van der Waals surface area (Å²) in [4.78, 5) is 10.7. The number of carbonyl (C=O) groups is 1. The van der Waals surface area contributed by atoms with Gasteiger partial charge < -0.3 is 10.8 Å². The fraction of sp³-hybridized carbons (Fsp3) is 0.0833. The third kappa shape index (κ3) is 1.76. The summed E-state index contributed by atoms with van der Waals surface area (Å²) in [5, 5.41) is 10.6. The molecule has 3 nitrogen and oxygen atoms in total. The van der Waals surface area contributed by atoms with E-state index in [1.54, 1.807) is 12.1 Å². The highest BCUT2D eigenvalue weighted by molar-refractivity contribution is 5.96. The van der Waals surface area contributed by atoms with Crippen molar-refractivity contribution < 1.29 is 9.90 Å². The molecule has 0 aliphatic carbocycles. The van der Waals surface area contributed by atoms with E-state index in [-0.39, 0.29) is 6.42 Å². The topological polar surface area (TPSA) is 63.3 Å². The van der Waals surface area contributed by atoms with Crippen molar-refractivity contribution in [3.63, 3.8) is 0 Å². The normalized spacial score (nSPS) is 10.4. The van der Waals surface area contributed by atoms with Crippen molar-refractivity contribution in [2.75, 3.05) is 5.73 Å². The van der Waals surface area contributed by atoms with Crippen LogP contribution in [0.2, 0.25) is 0 Å². The highest BCUT2D eigenvalue weighted by Gasteiger charge is 2.06. The van der Waals surface area contributed by atoms with E-state index in [0.29, 0.717) is 5.69 Å². The average molecular weight is 201 g/mol. The maximum atomic E-state index is 10.7. The van der Waals surface area contributed by atoms with Crippen LogP contribution in [-0.2, 0) is 11.2 Å². The molecule has 3 heteroatoms. The lowest BCUT2D eigenvalue weighted by atomic mass is 10.0. The van der Waals surface area contributed by atoms with Crippen LogP contribution in [0.25, 0.3) is 10.8 Å². The van der Waals surface area contributed by atoms with Crippen molar-refractivity contribution in [1.82, 2.24) is 0 Å². The Morgan fingerprint density at radius 2 is 1.80 bits per heavy atom. The molecule has 0 heterocycles. The Bertz CT molecular complexity index is 520. The van der Waals surface area contributed by atoms with Crippen LogP contribution in [-0.4, -0.2) is 11.1 Å². The van der Waals surface area contributed by atoms with E-state index in [2.05, 4.69) is 0 Å². The lowest BCUT2D eigenvalue weighted by Gasteiger charge is -2.06. The molecule has 15 heavy (non-hydrogen) atoms. The quantitative estimate of drug-likeness (QED) is 0.731.